The van der Waals surface area contributed by atoms with E-state index in [9.17, 15) is 19.2 Å². The molecule has 0 spiro atoms. The number of amides is 4. The zero-order valence-electron chi connectivity index (χ0n) is 37.8. The zero-order valence-corrected chi connectivity index (χ0v) is 37.8. The highest BCUT2D eigenvalue weighted by Crippen LogP contribution is 2.43. The third-order valence-electron chi connectivity index (χ3n) is 13.3. The topological polar surface area (TPSA) is 193 Å². The molecule has 3 aliphatic rings. The van der Waals surface area contributed by atoms with Gasteiger partial charge in [-0.25, -0.2) is 19.6 Å². The molecule has 4 N–H and O–H groups in total. The molecule has 0 bridgehead atoms. The summed E-state index contributed by atoms with van der Waals surface area (Å²) >= 11 is 0. The summed E-state index contributed by atoms with van der Waals surface area (Å²) in [5.41, 5.74) is 6.52. The molecule has 16 heteroatoms. The van der Waals surface area contributed by atoms with E-state index >= 15 is 0 Å². The van der Waals surface area contributed by atoms with Crippen molar-refractivity contribution in [3.63, 3.8) is 0 Å². The van der Waals surface area contributed by atoms with Crippen LogP contribution in [0.2, 0.25) is 0 Å². The van der Waals surface area contributed by atoms with Gasteiger partial charge >= 0.3 is 12.2 Å². The number of methoxy groups -OCH3 is 2. The van der Waals surface area contributed by atoms with Crippen molar-refractivity contribution in [3.05, 3.63) is 65.9 Å². The van der Waals surface area contributed by atoms with E-state index in [1.54, 1.807) is 0 Å². The van der Waals surface area contributed by atoms with E-state index in [0.29, 0.717) is 50.9 Å². The Bertz CT molecular complexity index is 2530. The number of aromatic amines is 2. The molecule has 4 amide bonds. The number of ether oxygens (including phenoxy) is 4. The van der Waals surface area contributed by atoms with Crippen molar-refractivity contribution < 1.29 is 38.1 Å². The van der Waals surface area contributed by atoms with E-state index in [1.807, 2.05) is 42.8 Å². The average Bonchev–Trinajstić information content (AvgIpc) is 4.07. The summed E-state index contributed by atoms with van der Waals surface area (Å²) in [6.07, 6.45) is 4.34. The molecular formula is C48H60N8O8. The molecule has 2 fully saturated rings. The summed E-state index contributed by atoms with van der Waals surface area (Å²) < 4.78 is 21.8. The molecule has 0 radical (unpaired) electrons. The molecule has 2 saturated heterocycles. The minimum absolute atomic E-state index is 0.0195. The Balaban J connectivity index is 1.03. The van der Waals surface area contributed by atoms with Gasteiger partial charge in [0, 0.05) is 36.8 Å². The molecule has 5 heterocycles. The van der Waals surface area contributed by atoms with E-state index in [1.165, 1.54) is 14.2 Å². The van der Waals surface area contributed by atoms with Gasteiger partial charge in [0.2, 0.25) is 11.8 Å². The molecule has 3 aliphatic heterocycles. The number of alkyl carbamates (subject to hydrolysis) is 2. The van der Waals surface area contributed by atoms with Crippen LogP contribution in [0.15, 0.2) is 48.7 Å². The van der Waals surface area contributed by atoms with E-state index in [-0.39, 0.29) is 48.2 Å². The van der Waals surface area contributed by atoms with Gasteiger partial charge in [0.15, 0.2) is 0 Å². The molecule has 0 saturated carbocycles. The number of hydrogen-bond donors (Lipinski definition) is 4. The monoisotopic (exact) mass is 876 g/mol. The first-order valence-corrected chi connectivity index (χ1v) is 22.5. The van der Waals surface area contributed by atoms with Crippen LogP contribution in [0, 0.1) is 17.8 Å². The van der Waals surface area contributed by atoms with Crippen LogP contribution in [-0.2, 0) is 37.0 Å². The number of carbonyl (C=O) groups excluding carboxylic acids is 4. The number of H-pyrrole nitrogens is 2. The fourth-order valence-electron chi connectivity index (χ4n) is 9.45. The van der Waals surface area contributed by atoms with Crippen LogP contribution in [0.1, 0.15) is 90.0 Å². The molecule has 64 heavy (non-hydrogen) atoms. The molecule has 340 valence electrons. The highest BCUT2D eigenvalue weighted by molar-refractivity contribution is 6.07. The maximum Gasteiger partial charge on any atom is 0.407 e. The van der Waals surface area contributed by atoms with Crippen LogP contribution in [0.5, 0.6) is 5.75 Å². The average molecular weight is 877 g/mol. The number of imidazole rings is 2. The number of hydrogen-bond acceptors (Lipinski definition) is 10. The first-order valence-electron chi connectivity index (χ1n) is 22.5. The number of rotatable bonds is 13. The van der Waals surface area contributed by atoms with Crippen molar-refractivity contribution in [2.24, 2.45) is 17.8 Å². The summed E-state index contributed by atoms with van der Waals surface area (Å²) in [6.45, 7) is 12.3. The number of benzene rings is 3. The summed E-state index contributed by atoms with van der Waals surface area (Å²) in [5, 5.41) is 7.51. The van der Waals surface area contributed by atoms with Gasteiger partial charge in [0.05, 0.1) is 49.7 Å². The molecule has 16 nitrogen and oxygen atoms in total. The summed E-state index contributed by atoms with van der Waals surface area (Å²) in [4.78, 5) is 73.3. The fraction of sp³-hybridized carbons (Fsp3) is 0.500. The second-order valence-corrected chi connectivity index (χ2v) is 17.9. The van der Waals surface area contributed by atoms with Crippen LogP contribution >= 0.6 is 0 Å². The third-order valence-corrected chi connectivity index (χ3v) is 13.3. The van der Waals surface area contributed by atoms with Gasteiger partial charge in [0.1, 0.15) is 36.1 Å². The lowest BCUT2D eigenvalue weighted by Gasteiger charge is -2.34. The highest BCUT2D eigenvalue weighted by Gasteiger charge is 2.41. The predicted octanol–water partition coefficient (Wildman–Crippen LogP) is 7.62. The number of likely N-dealkylation sites (tertiary alicyclic amines) is 1. The van der Waals surface area contributed by atoms with Crippen molar-refractivity contribution in [2.75, 3.05) is 34.0 Å². The number of fused-ring (bicyclic) bond motifs is 6. The lowest BCUT2D eigenvalue weighted by Crippen LogP contribution is -2.53. The standard InChI is InChI=1S/C48H60N8O8/c1-8-27(4)23-55(45(57)42(54-48(60)62-7)29-15-17-63-18-16-29)24-40-50-36-13-11-30-20-35-33-12-10-31(19-32(33)25-64-39(35)21-34(30)43(36)52-40)37-22-49-44(51-37)38-14-9-28(5)56(38)46(58)41(26(2)3)53-47(59)61-6/h10-13,19-22,26-29,38,41-42H,8-9,14-18,23-25H2,1-7H3,(H,49,51)(H,50,52)(H,53,59)(H,54,60)/t27-,28-,38-,41-,42-/m0/s1. The van der Waals surface area contributed by atoms with Crippen molar-refractivity contribution in [1.82, 2.24) is 40.4 Å². The van der Waals surface area contributed by atoms with E-state index < -0.39 is 24.3 Å². The minimum Gasteiger partial charge on any atom is -0.488 e. The lowest BCUT2D eigenvalue weighted by molar-refractivity contribution is -0.138. The molecule has 8 rings (SSSR count). The lowest BCUT2D eigenvalue weighted by atomic mass is 9.90. The number of aromatic nitrogens is 4. The van der Waals surface area contributed by atoms with Crippen molar-refractivity contribution >= 4 is 45.8 Å². The predicted molar refractivity (Wildman–Crippen MR) is 241 cm³/mol. The fourth-order valence-corrected chi connectivity index (χ4v) is 9.45. The maximum absolute atomic E-state index is 14.3. The van der Waals surface area contributed by atoms with Gasteiger partial charge in [-0.05, 0) is 96.7 Å². The molecule has 0 aliphatic carbocycles. The summed E-state index contributed by atoms with van der Waals surface area (Å²) in [5.74, 6) is 1.83. The zero-order chi connectivity index (χ0) is 45.2. The Labute approximate surface area is 373 Å². The van der Waals surface area contributed by atoms with Crippen LogP contribution < -0.4 is 15.4 Å². The second-order valence-electron chi connectivity index (χ2n) is 17.9. The van der Waals surface area contributed by atoms with Gasteiger partial charge in [-0.3, -0.25) is 9.59 Å². The Morgan fingerprint density at radius 2 is 1.70 bits per heavy atom. The van der Waals surface area contributed by atoms with E-state index in [4.69, 9.17) is 28.9 Å². The normalized spacial score (nSPS) is 18.8. The highest BCUT2D eigenvalue weighted by atomic mass is 16.5. The Morgan fingerprint density at radius 1 is 0.938 bits per heavy atom. The first-order chi connectivity index (χ1) is 30.9. The van der Waals surface area contributed by atoms with Gasteiger partial charge in [-0.2, -0.15) is 0 Å². The molecule has 5 atom stereocenters. The van der Waals surface area contributed by atoms with Crippen molar-refractivity contribution in [3.8, 4) is 28.1 Å². The van der Waals surface area contributed by atoms with Crippen molar-refractivity contribution in [1.29, 1.82) is 0 Å². The van der Waals surface area contributed by atoms with Gasteiger partial charge in [-0.15, -0.1) is 0 Å². The number of carbonyl (C=O) groups is 4. The first kappa shape index (κ1) is 44.4. The van der Waals surface area contributed by atoms with Crippen molar-refractivity contribution in [2.45, 2.75) is 104 Å². The Kier molecular flexibility index (Phi) is 13.1. The SMILES string of the molecule is CC[C@H](C)CN(Cc1nc2c(ccc3cc4c(cc32)OCc2cc(-c3cnc([C@@H]5CC[C@H](C)N5C(=O)[C@@H](NC(=O)OC)C(C)C)[nH]3)ccc2-4)[nH]1)C(=O)[C@@H](NC(=O)OC)C1CCOCC1. The van der Waals surface area contributed by atoms with E-state index in [2.05, 4.69) is 70.8 Å². The quantitative estimate of drug-likeness (QED) is 0.0915. The molecular weight excluding hydrogens is 817 g/mol. The summed E-state index contributed by atoms with van der Waals surface area (Å²) in [7, 11) is 2.60. The van der Waals surface area contributed by atoms with Crippen LogP contribution in [-0.4, -0.2) is 106 Å². The largest absolute Gasteiger partial charge is 0.488 e. The molecule has 5 aromatic rings. The number of nitrogens with one attached hydrogen (secondary N) is 4. The maximum atomic E-state index is 14.3. The summed E-state index contributed by atoms with van der Waals surface area (Å²) in [6, 6.07) is 12.9. The smallest absolute Gasteiger partial charge is 0.407 e. The minimum atomic E-state index is -0.740. The molecule has 2 aromatic heterocycles. The Hall–Kier alpha value is -6.16. The van der Waals surface area contributed by atoms with Crippen LogP contribution in [0.3, 0.4) is 0 Å². The van der Waals surface area contributed by atoms with Gasteiger partial charge in [0.25, 0.3) is 0 Å². The third kappa shape index (κ3) is 8.97. The van der Waals surface area contributed by atoms with Crippen LogP contribution in [0.25, 0.3) is 44.2 Å². The second kappa shape index (κ2) is 18.9. The van der Waals surface area contributed by atoms with Gasteiger partial charge < -0.3 is 49.3 Å². The van der Waals surface area contributed by atoms with Gasteiger partial charge in [-0.1, -0.05) is 52.3 Å². The molecule has 0 unspecified atom stereocenters. The number of nitrogens with zero attached hydrogens (tertiary/aromatic N) is 4. The van der Waals surface area contributed by atoms with E-state index in [0.717, 1.165) is 74.8 Å². The molecule has 3 aromatic carbocycles. The van der Waals surface area contributed by atoms with Crippen LogP contribution in [0.4, 0.5) is 9.59 Å². The Morgan fingerprint density at radius 3 is 2.44 bits per heavy atom.